The first-order valence-corrected chi connectivity index (χ1v) is 5.62. The van der Waals surface area contributed by atoms with Crippen molar-refractivity contribution in [2.24, 2.45) is 0 Å². The highest BCUT2D eigenvalue weighted by Crippen LogP contribution is 2.16. The standard InChI is InChI=1S/C11H15P.C2H6/c1-7(2)10-5-8(3)9(4)6-11(10)12;1-2/h5-6H,1,12H2,2-4H3;1-2H3. The highest BCUT2D eigenvalue weighted by molar-refractivity contribution is 7.27. The van der Waals surface area contributed by atoms with Crippen molar-refractivity contribution in [2.45, 2.75) is 34.6 Å². The summed E-state index contributed by atoms with van der Waals surface area (Å²) in [6.45, 7) is 14.2. The molecule has 78 valence electrons. The quantitative estimate of drug-likeness (QED) is 0.615. The molecule has 0 aliphatic rings. The van der Waals surface area contributed by atoms with Crippen molar-refractivity contribution in [2.75, 3.05) is 0 Å². The Labute approximate surface area is 90.6 Å². The second-order valence-corrected chi connectivity index (χ2v) is 3.93. The van der Waals surface area contributed by atoms with Crippen LogP contribution in [-0.2, 0) is 0 Å². The fraction of sp³-hybridized carbons (Fsp3) is 0.385. The number of hydrogen-bond donors (Lipinski definition) is 0. The van der Waals surface area contributed by atoms with E-state index in [1.165, 1.54) is 22.0 Å². The minimum absolute atomic E-state index is 1.13. The zero-order chi connectivity index (χ0) is 11.3. The van der Waals surface area contributed by atoms with Crippen molar-refractivity contribution in [3.8, 4) is 0 Å². The fourth-order valence-corrected chi connectivity index (χ4v) is 1.79. The summed E-state index contributed by atoms with van der Waals surface area (Å²) < 4.78 is 0. The summed E-state index contributed by atoms with van der Waals surface area (Å²) in [5.41, 5.74) is 5.05. The van der Waals surface area contributed by atoms with Gasteiger partial charge in [-0.25, -0.2) is 0 Å². The molecule has 0 radical (unpaired) electrons. The van der Waals surface area contributed by atoms with E-state index >= 15 is 0 Å². The third kappa shape index (κ3) is 3.27. The number of hydrogen-bond acceptors (Lipinski definition) is 0. The Bertz CT molecular complexity index is 324. The first kappa shape index (κ1) is 13.4. The fourth-order valence-electron chi connectivity index (χ4n) is 1.21. The lowest BCUT2D eigenvalue weighted by Crippen LogP contribution is -2.01. The van der Waals surface area contributed by atoms with Gasteiger partial charge in [0.2, 0.25) is 0 Å². The highest BCUT2D eigenvalue weighted by Gasteiger charge is 2.01. The summed E-state index contributed by atoms with van der Waals surface area (Å²) >= 11 is 0. The van der Waals surface area contributed by atoms with Gasteiger partial charge in [-0.15, -0.1) is 9.24 Å². The van der Waals surface area contributed by atoms with Crippen LogP contribution in [0, 0.1) is 13.8 Å². The van der Waals surface area contributed by atoms with Crippen LogP contribution in [0.15, 0.2) is 18.7 Å². The van der Waals surface area contributed by atoms with E-state index in [0.717, 1.165) is 5.57 Å². The minimum atomic E-state index is 1.13. The van der Waals surface area contributed by atoms with Gasteiger partial charge < -0.3 is 0 Å². The molecule has 0 N–H and O–H groups in total. The molecule has 1 unspecified atom stereocenters. The van der Waals surface area contributed by atoms with Crippen molar-refractivity contribution in [1.82, 2.24) is 0 Å². The van der Waals surface area contributed by atoms with Crippen molar-refractivity contribution in [3.63, 3.8) is 0 Å². The maximum atomic E-state index is 3.94. The highest BCUT2D eigenvalue weighted by atomic mass is 31.0. The molecular formula is C13H21P. The van der Waals surface area contributed by atoms with Crippen molar-refractivity contribution >= 4 is 20.1 Å². The Morgan fingerprint density at radius 2 is 1.57 bits per heavy atom. The lowest BCUT2D eigenvalue weighted by Gasteiger charge is -2.08. The average Bonchev–Trinajstić information content (AvgIpc) is 2.14. The van der Waals surface area contributed by atoms with E-state index in [2.05, 4.69) is 41.8 Å². The molecule has 1 heteroatoms. The molecule has 1 aromatic rings. The summed E-state index contributed by atoms with van der Waals surface area (Å²) in [6.07, 6.45) is 0. The molecule has 14 heavy (non-hydrogen) atoms. The molecule has 1 atom stereocenters. The Morgan fingerprint density at radius 3 is 2.00 bits per heavy atom. The molecule has 0 aliphatic heterocycles. The summed E-state index contributed by atoms with van der Waals surface area (Å²) in [5.74, 6) is 0. The topological polar surface area (TPSA) is 0 Å². The Kier molecular flexibility index (Phi) is 5.72. The molecule has 0 nitrogen and oxygen atoms in total. The zero-order valence-corrected chi connectivity index (χ0v) is 11.1. The molecule has 0 spiro atoms. The first-order chi connectivity index (χ1) is 6.52. The molecule has 0 heterocycles. The van der Waals surface area contributed by atoms with Gasteiger partial charge in [0.05, 0.1) is 0 Å². The monoisotopic (exact) mass is 208 g/mol. The Hall–Kier alpha value is -0.610. The SMILES string of the molecule is C=C(C)c1cc(C)c(C)cc1P.CC. The maximum absolute atomic E-state index is 3.94. The van der Waals surface area contributed by atoms with Crippen LogP contribution < -0.4 is 5.30 Å². The zero-order valence-electron chi connectivity index (χ0n) is 9.94. The van der Waals surface area contributed by atoms with E-state index < -0.39 is 0 Å². The van der Waals surface area contributed by atoms with Crippen LogP contribution in [-0.4, -0.2) is 0 Å². The van der Waals surface area contributed by atoms with Gasteiger partial charge in [0.25, 0.3) is 0 Å². The second kappa shape index (κ2) is 5.98. The van der Waals surface area contributed by atoms with Gasteiger partial charge >= 0.3 is 0 Å². The first-order valence-electron chi connectivity index (χ1n) is 5.05. The lowest BCUT2D eigenvalue weighted by atomic mass is 10.0. The summed E-state index contributed by atoms with van der Waals surface area (Å²) in [5, 5.41) is 1.24. The van der Waals surface area contributed by atoms with E-state index in [9.17, 15) is 0 Å². The molecular weight excluding hydrogens is 187 g/mol. The van der Waals surface area contributed by atoms with Gasteiger partial charge in [0.1, 0.15) is 0 Å². The molecule has 0 saturated heterocycles. The largest absolute Gasteiger partial charge is 0.105 e. The molecule has 0 aromatic heterocycles. The van der Waals surface area contributed by atoms with Gasteiger partial charge in [-0.2, -0.15) is 0 Å². The van der Waals surface area contributed by atoms with Crippen LogP contribution in [0.2, 0.25) is 0 Å². The van der Waals surface area contributed by atoms with E-state index in [1.54, 1.807) is 0 Å². The average molecular weight is 208 g/mol. The molecule has 1 rings (SSSR count). The van der Waals surface area contributed by atoms with Gasteiger partial charge in [0, 0.05) is 0 Å². The van der Waals surface area contributed by atoms with Crippen LogP contribution in [0.4, 0.5) is 0 Å². The lowest BCUT2D eigenvalue weighted by molar-refractivity contribution is 1.34. The number of benzene rings is 1. The van der Waals surface area contributed by atoms with Crippen LogP contribution in [0.1, 0.15) is 37.5 Å². The van der Waals surface area contributed by atoms with Crippen LogP contribution in [0.3, 0.4) is 0 Å². The van der Waals surface area contributed by atoms with Crippen LogP contribution >= 0.6 is 9.24 Å². The van der Waals surface area contributed by atoms with Crippen molar-refractivity contribution in [3.05, 3.63) is 35.4 Å². The molecule has 1 aromatic carbocycles. The van der Waals surface area contributed by atoms with Crippen LogP contribution in [0.25, 0.3) is 5.57 Å². The Morgan fingerprint density at radius 1 is 1.14 bits per heavy atom. The minimum Gasteiger partial charge on any atom is -0.105 e. The normalized spacial score (nSPS) is 9.00. The molecule has 0 amide bonds. The van der Waals surface area contributed by atoms with E-state index in [0.29, 0.717) is 0 Å². The maximum Gasteiger partial charge on any atom is -0.0159 e. The number of rotatable bonds is 1. The summed E-state index contributed by atoms with van der Waals surface area (Å²) in [6, 6.07) is 4.38. The predicted molar refractivity (Wildman–Crippen MR) is 71.3 cm³/mol. The summed E-state index contributed by atoms with van der Waals surface area (Å²) in [7, 11) is 2.75. The molecule has 0 aliphatic carbocycles. The van der Waals surface area contributed by atoms with E-state index in [1.807, 2.05) is 20.8 Å². The smallest absolute Gasteiger partial charge is 0.0159 e. The third-order valence-corrected chi connectivity index (χ3v) is 2.60. The van der Waals surface area contributed by atoms with Gasteiger partial charge in [0.15, 0.2) is 0 Å². The van der Waals surface area contributed by atoms with Crippen molar-refractivity contribution < 1.29 is 0 Å². The second-order valence-electron chi connectivity index (χ2n) is 3.30. The van der Waals surface area contributed by atoms with Crippen LogP contribution in [0.5, 0.6) is 0 Å². The molecule has 0 bridgehead atoms. The number of aryl methyl sites for hydroxylation is 2. The number of allylic oxidation sites excluding steroid dienone is 1. The third-order valence-electron chi connectivity index (χ3n) is 2.13. The van der Waals surface area contributed by atoms with Crippen molar-refractivity contribution in [1.29, 1.82) is 0 Å². The van der Waals surface area contributed by atoms with Gasteiger partial charge in [-0.05, 0) is 42.8 Å². The molecule has 0 saturated carbocycles. The van der Waals surface area contributed by atoms with E-state index in [4.69, 9.17) is 0 Å². The van der Waals surface area contributed by atoms with E-state index in [-0.39, 0.29) is 0 Å². The Balaban J connectivity index is 0.000000791. The molecule has 0 fully saturated rings. The predicted octanol–water partition coefficient (Wildman–Crippen LogP) is 3.86. The summed E-state index contributed by atoms with van der Waals surface area (Å²) in [4.78, 5) is 0. The van der Waals surface area contributed by atoms with Gasteiger partial charge in [-0.1, -0.05) is 38.1 Å². The van der Waals surface area contributed by atoms with Gasteiger partial charge in [-0.3, -0.25) is 0 Å².